The summed E-state index contributed by atoms with van der Waals surface area (Å²) in [5.74, 6) is -0.642. The highest BCUT2D eigenvalue weighted by molar-refractivity contribution is 6.46. The Morgan fingerprint density at radius 2 is 1.72 bits per heavy atom. The zero-order chi connectivity index (χ0) is 26.1. The number of hydrogen-bond donors (Lipinski definition) is 1. The van der Waals surface area contributed by atoms with Crippen LogP contribution >= 0.6 is 23.2 Å². The number of aryl methyl sites for hydroxylation is 1. The van der Waals surface area contributed by atoms with Crippen LogP contribution in [0.5, 0.6) is 17.2 Å². The second-order valence-corrected chi connectivity index (χ2v) is 8.76. The Morgan fingerprint density at radius 1 is 1.03 bits per heavy atom. The van der Waals surface area contributed by atoms with E-state index < -0.39 is 23.5 Å². The van der Waals surface area contributed by atoms with Crippen LogP contribution in [0.3, 0.4) is 0 Å². The van der Waals surface area contributed by atoms with Crippen LogP contribution in [0.2, 0.25) is 10.0 Å². The number of ketones is 1. The lowest BCUT2D eigenvalue weighted by Crippen LogP contribution is -2.29. The first-order valence-electron chi connectivity index (χ1n) is 10.8. The maximum atomic E-state index is 13.3. The number of rotatable bonds is 7. The molecular formula is C26H23Cl2NO7. The van der Waals surface area contributed by atoms with Crippen molar-refractivity contribution < 1.29 is 33.3 Å². The molecule has 1 unspecified atom stereocenters. The van der Waals surface area contributed by atoms with Crippen molar-refractivity contribution in [3.8, 4) is 17.2 Å². The minimum absolute atomic E-state index is 0.00249. The highest BCUT2D eigenvalue weighted by atomic mass is 35.5. The minimum atomic E-state index is -1.03. The maximum Gasteiger partial charge on any atom is 0.296 e. The van der Waals surface area contributed by atoms with Gasteiger partial charge < -0.3 is 28.6 Å². The second-order valence-electron chi connectivity index (χ2n) is 7.97. The third kappa shape index (κ3) is 4.27. The summed E-state index contributed by atoms with van der Waals surface area (Å²) in [7, 11) is 4.25. The third-order valence-electron chi connectivity index (χ3n) is 5.90. The molecular weight excluding hydrogens is 509 g/mol. The molecule has 1 fully saturated rings. The molecule has 1 aromatic heterocycles. The molecule has 1 atom stereocenters. The summed E-state index contributed by atoms with van der Waals surface area (Å²) in [6, 6.07) is 10.8. The molecule has 10 heteroatoms. The molecule has 188 valence electrons. The molecule has 3 aromatic rings. The van der Waals surface area contributed by atoms with Crippen molar-refractivity contribution in [2.75, 3.05) is 21.3 Å². The van der Waals surface area contributed by atoms with E-state index >= 15 is 0 Å². The van der Waals surface area contributed by atoms with E-state index in [0.717, 1.165) is 0 Å². The molecule has 1 aliphatic rings. The number of carbonyl (C=O) groups excluding carboxylic acids is 2. The van der Waals surface area contributed by atoms with E-state index in [4.69, 9.17) is 41.8 Å². The van der Waals surface area contributed by atoms with Gasteiger partial charge in [0.05, 0.1) is 44.0 Å². The van der Waals surface area contributed by atoms with Crippen LogP contribution in [0.15, 0.2) is 52.5 Å². The molecule has 0 saturated carbocycles. The molecule has 8 nitrogen and oxygen atoms in total. The summed E-state index contributed by atoms with van der Waals surface area (Å²) in [5, 5.41) is 11.5. The average Bonchev–Trinajstić information content (AvgIpc) is 3.40. The van der Waals surface area contributed by atoms with Crippen LogP contribution in [0.25, 0.3) is 5.76 Å². The number of likely N-dealkylation sites (tertiary alicyclic amines) is 1. The van der Waals surface area contributed by atoms with Crippen LogP contribution in [-0.4, -0.2) is 43.0 Å². The molecule has 1 amide bonds. The van der Waals surface area contributed by atoms with Crippen molar-refractivity contribution in [1.29, 1.82) is 0 Å². The quantitative estimate of drug-likeness (QED) is 0.242. The molecule has 1 N–H and O–H groups in total. The van der Waals surface area contributed by atoms with Crippen LogP contribution < -0.4 is 14.2 Å². The Morgan fingerprint density at radius 3 is 2.33 bits per heavy atom. The maximum absolute atomic E-state index is 13.3. The van der Waals surface area contributed by atoms with Crippen LogP contribution in [0, 0.1) is 6.92 Å². The summed E-state index contributed by atoms with van der Waals surface area (Å²) in [5.41, 5.74) is 0.500. The number of amides is 1. The van der Waals surface area contributed by atoms with Crippen molar-refractivity contribution in [1.82, 2.24) is 4.90 Å². The first-order valence-corrected chi connectivity index (χ1v) is 11.6. The van der Waals surface area contributed by atoms with Gasteiger partial charge in [-0.2, -0.15) is 0 Å². The van der Waals surface area contributed by atoms with Gasteiger partial charge in [-0.25, -0.2) is 0 Å². The highest BCUT2D eigenvalue weighted by Gasteiger charge is 2.48. The number of ether oxygens (including phenoxy) is 3. The largest absolute Gasteiger partial charge is 0.507 e. The predicted molar refractivity (Wildman–Crippen MR) is 134 cm³/mol. The summed E-state index contributed by atoms with van der Waals surface area (Å²) in [6.45, 7) is 1.76. The number of benzene rings is 2. The van der Waals surface area contributed by atoms with Gasteiger partial charge in [-0.3, -0.25) is 9.59 Å². The van der Waals surface area contributed by atoms with E-state index in [1.54, 1.807) is 43.3 Å². The molecule has 1 saturated heterocycles. The number of methoxy groups -OCH3 is 3. The number of carbonyl (C=O) groups is 2. The highest BCUT2D eigenvalue weighted by Crippen LogP contribution is 2.47. The lowest BCUT2D eigenvalue weighted by atomic mass is 9.98. The van der Waals surface area contributed by atoms with Crippen molar-refractivity contribution in [2.45, 2.75) is 19.5 Å². The van der Waals surface area contributed by atoms with Gasteiger partial charge in [0.15, 0.2) is 11.5 Å². The molecule has 4 rings (SSSR count). The van der Waals surface area contributed by atoms with Gasteiger partial charge in [-0.05, 0) is 31.2 Å². The summed E-state index contributed by atoms with van der Waals surface area (Å²) in [6.07, 6.45) is 0. The number of furan rings is 1. The van der Waals surface area contributed by atoms with E-state index in [-0.39, 0.29) is 39.2 Å². The van der Waals surface area contributed by atoms with Gasteiger partial charge in [0.2, 0.25) is 0 Å². The average molecular weight is 532 g/mol. The van der Waals surface area contributed by atoms with E-state index in [0.29, 0.717) is 22.8 Å². The summed E-state index contributed by atoms with van der Waals surface area (Å²) >= 11 is 12.7. The minimum Gasteiger partial charge on any atom is -0.507 e. The number of halogens is 2. The van der Waals surface area contributed by atoms with Gasteiger partial charge in [0.25, 0.3) is 11.7 Å². The van der Waals surface area contributed by atoms with Gasteiger partial charge in [0, 0.05) is 5.56 Å². The standard InChI is InChI=1S/C26H23Cl2NO7/c1-13-9-10-18(36-13)21-19(22(30)15-11-16(27)25(35-4)20(28)24(15)34-3)23(31)26(32)29(21)12-14-7-5-6-8-17(14)33-2/h5-11,21,30H,12H2,1-4H3/b22-19+. The fourth-order valence-corrected chi connectivity index (χ4v) is 4.94. The van der Waals surface area contributed by atoms with Crippen LogP contribution in [0.4, 0.5) is 0 Å². The van der Waals surface area contributed by atoms with E-state index in [9.17, 15) is 14.7 Å². The second kappa shape index (κ2) is 10.2. The molecule has 2 aromatic carbocycles. The Hall–Kier alpha value is -3.62. The zero-order valence-corrected chi connectivity index (χ0v) is 21.4. The van der Waals surface area contributed by atoms with Crippen molar-refractivity contribution >= 4 is 40.7 Å². The summed E-state index contributed by atoms with van der Waals surface area (Å²) < 4.78 is 21.9. The number of hydrogen-bond acceptors (Lipinski definition) is 7. The first-order chi connectivity index (χ1) is 17.2. The number of nitrogens with zero attached hydrogens (tertiary/aromatic N) is 1. The fraction of sp³-hybridized carbons (Fsp3) is 0.231. The SMILES string of the molecule is COc1ccccc1CN1C(=O)C(=O)/C(=C(/O)c2cc(Cl)c(OC)c(Cl)c2OC)C1c1ccc(C)o1. The Balaban J connectivity index is 1.93. The molecule has 36 heavy (non-hydrogen) atoms. The topological polar surface area (TPSA) is 98.4 Å². The Bertz CT molecular complexity index is 1380. The lowest BCUT2D eigenvalue weighted by Gasteiger charge is -2.24. The van der Waals surface area contributed by atoms with E-state index in [1.807, 2.05) is 0 Å². The van der Waals surface area contributed by atoms with E-state index in [1.165, 1.54) is 32.3 Å². The monoisotopic (exact) mass is 531 g/mol. The molecule has 0 radical (unpaired) electrons. The molecule has 0 spiro atoms. The molecule has 0 aliphatic carbocycles. The van der Waals surface area contributed by atoms with Gasteiger partial charge in [0.1, 0.15) is 34.1 Å². The van der Waals surface area contributed by atoms with Crippen LogP contribution in [0.1, 0.15) is 28.7 Å². The first kappa shape index (κ1) is 25.5. The van der Waals surface area contributed by atoms with Crippen molar-refractivity contribution in [3.63, 3.8) is 0 Å². The van der Waals surface area contributed by atoms with E-state index in [2.05, 4.69) is 0 Å². The Labute approximate surface area is 217 Å². The van der Waals surface area contributed by atoms with Crippen molar-refractivity contribution in [3.05, 3.63) is 80.7 Å². The lowest BCUT2D eigenvalue weighted by molar-refractivity contribution is -0.140. The smallest absolute Gasteiger partial charge is 0.296 e. The molecule has 1 aliphatic heterocycles. The third-order valence-corrected chi connectivity index (χ3v) is 6.52. The molecule has 0 bridgehead atoms. The number of aliphatic hydroxyl groups excluding tert-OH is 1. The summed E-state index contributed by atoms with van der Waals surface area (Å²) in [4.78, 5) is 27.9. The Kier molecular flexibility index (Phi) is 7.19. The number of aliphatic hydroxyl groups is 1. The predicted octanol–water partition coefficient (Wildman–Crippen LogP) is 5.54. The fourth-order valence-electron chi connectivity index (χ4n) is 4.25. The number of para-hydroxylation sites is 1. The molecule has 2 heterocycles. The van der Waals surface area contributed by atoms with Gasteiger partial charge >= 0.3 is 0 Å². The normalized spacial score (nSPS) is 16.9. The number of Topliss-reactive ketones (excluding diaryl/α,β-unsaturated/α-hetero) is 1. The van der Waals surface area contributed by atoms with Crippen molar-refractivity contribution in [2.24, 2.45) is 0 Å². The van der Waals surface area contributed by atoms with Crippen LogP contribution in [-0.2, 0) is 16.1 Å². The van der Waals surface area contributed by atoms with Gasteiger partial charge in [-0.15, -0.1) is 0 Å². The zero-order valence-electron chi connectivity index (χ0n) is 19.9. The van der Waals surface area contributed by atoms with Gasteiger partial charge in [-0.1, -0.05) is 41.4 Å².